The van der Waals surface area contributed by atoms with Crippen molar-refractivity contribution in [1.29, 1.82) is 0 Å². The molecule has 1 radical (unpaired) electrons. The van der Waals surface area contributed by atoms with Crippen LogP contribution >= 0.6 is 15.9 Å². The minimum absolute atomic E-state index is 0.328. The van der Waals surface area contributed by atoms with Crippen molar-refractivity contribution < 1.29 is 4.39 Å². The minimum atomic E-state index is -0.328. The quantitative estimate of drug-likeness (QED) is 0.716. The molecule has 0 saturated carbocycles. The highest BCUT2D eigenvalue weighted by Crippen LogP contribution is 2.24. The summed E-state index contributed by atoms with van der Waals surface area (Å²) in [6, 6.07) is 15.5. The number of hydrogen-bond acceptors (Lipinski definition) is 0. The first-order chi connectivity index (χ1) is 6.77. The van der Waals surface area contributed by atoms with Gasteiger partial charge in [-0.25, -0.2) is 4.39 Å². The predicted molar refractivity (Wildman–Crippen MR) is 58.4 cm³/mol. The van der Waals surface area contributed by atoms with Crippen LogP contribution in [0, 0.1) is 11.9 Å². The summed E-state index contributed by atoms with van der Waals surface area (Å²) in [7, 11) is 0. The molecule has 0 saturated heterocycles. The minimum Gasteiger partial charge on any atom is -0.206 e. The molecule has 0 aliphatic rings. The summed E-state index contributed by atoms with van der Waals surface area (Å²) in [5.74, 6) is -0.328. The van der Waals surface area contributed by atoms with Crippen LogP contribution in [0.3, 0.4) is 0 Å². The monoisotopic (exact) mass is 249 g/mol. The van der Waals surface area contributed by atoms with Crippen LogP contribution in [0.25, 0.3) is 11.1 Å². The van der Waals surface area contributed by atoms with Gasteiger partial charge in [0.2, 0.25) is 0 Å². The van der Waals surface area contributed by atoms with Gasteiger partial charge in [0.05, 0.1) is 0 Å². The Bertz CT molecular complexity index is 437. The fourth-order valence-corrected chi connectivity index (χ4v) is 1.59. The van der Waals surface area contributed by atoms with E-state index >= 15 is 0 Å². The van der Waals surface area contributed by atoms with Crippen LogP contribution in [-0.4, -0.2) is 0 Å². The molecule has 0 heterocycles. The van der Waals surface area contributed by atoms with Crippen LogP contribution in [-0.2, 0) is 0 Å². The Morgan fingerprint density at radius 3 is 2.36 bits per heavy atom. The Morgan fingerprint density at radius 2 is 1.71 bits per heavy atom. The second-order valence-electron chi connectivity index (χ2n) is 2.90. The van der Waals surface area contributed by atoms with Gasteiger partial charge in [0.25, 0.3) is 0 Å². The van der Waals surface area contributed by atoms with E-state index in [0.29, 0.717) is 10.0 Å². The summed E-state index contributed by atoms with van der Waals surface area (Å²) in [5, 5.41) is 0. The van der Waals surface area contributed by atoms with Crippen molar-refractivity contribution in [2.45, 2.75) is 0 Å². The summed E-state index contributed by atoms with van der Waals surface area (Å²) in [4.78, 5) is 0. The summed E-state index contributed by atoms with van der Waals surface area (Å²) in [6.45, 7) is 0. The average molecular weight is 250 g/mol. The van der Waals surface area contributed by atoms with Crippen molar-refractivity contribution in [3.63, 3.8) is 0 Å². The second kappa shape index (κ2) is 3.93. The first-order valence-electron chi connectivity index (χ1n) is 4.20. The SMILES string of the molecule is Fc1[c]c(Br)ccc1-c1ccccc1. The summed E-state index contributed by atoms with van der Waals surface area (Å²) < 4.78 is 14.1. The third-order valence-electron chi connectivity index (χ3n) is 1.95. The molecule has 0 aliphatic heterocycles. The van der Waals surface area contributed by atoms with Crippen LogP contribution < -0.4 is 0 Å². The zero-order valence-electron chi connectivity index (χ0n) is 7.30. The smallest absolute Gasteiger partial charge is 0.140 e. The molecule has 0 aromatic heterocycles. The maximum Gasteiger partial charge on any atom is 0.140 e. The molecule has 0 spiro atoms. The van der Waals surface area contributed by atoms with Gasteiger partial charge in [0, 0.05) is 16.1 Å². The van der Waals surface area contributed by atoms with Gasteiger partial charge in [-0.2, -0.15) is 0 Å². The number of benzene rings is 2. The van der Waals surface area contributed by atoms with E-state index in [-0.39, 0.29) is 5.82 Å². The van der Waals surface area contributed by atoms with Crippen molar-refractivity contribution in [3.05, 3.63) is 58.8 Å². The van der Waals surface area contributed by atoms with Gasteiger partial charge in [-0.3, -0.25) is 0 Å². The zero-order chi connectivity index (χ0) is 9.97. The maximum atomic E-state index is 13.5. The third-order valence-corrected chi connectivity index (χ3v) is 2.41. The van der Waals surface area contributed by atoms with E-state index < -0.39 is 0 Å². The fourth-order valence-electron chi connectivity index (χ4n) is 1.28. The molecule has 0 N–H and O–H groups in total. The third kappa shape index (κ3) is 1.85. The van der Waals surface area contributed by atoms with Gasteiger partial charge in [-0.05, 0) is 11.6 Å². The molecule has 0 amide bonds. The van der Waals surface area contributed by atoms with Crippen LogP contribution in [0.1, 0.15) is 0 Å². The van der Waals surface area contributed by atoms with Crippen molar-refractivity contribution in [2.75, 3.05) is 0 Å². The van der Waals surface area contributed by atoms with E-state index in [1.165, 1.54) is 0 Å². The maximum absolute atomic E-state index is 13.5. The second-order valence-corrected chi connectivity index (χ2v) is 3.75. The molecule has 0 nitrogen and oxygen atoms in total. The van der Waals surface area contributed by atoms with Gasteiger partial charge >= 0.3 is 0 Å². The van der Waals surface area contributed by atoms with Crippen molar-refractivity contribution >= 4 is 15.9 Å². The van der Waals surface area contributed by atoms with Crippen molar-refractivity contribution in [3.8, 4) is 11.1 Å². The fraction of sp³-hybridized carbons (Fsp3) is 0. The van der Waals surface area contributed by atoms with Crippen molar-refractivity contribution in [2.24, 2.45) is 0 Å². The van der Waals surface area contributed by atoms with E-state index in [9.17, 15) is 4.39 Å². The molecule has 0 aliphatic carbocycles. The molecule has 2 rings (SSSR count). The van der Waals surface area contributed by atoms with E-state index in [1.54, 1.807) is 12.1 Å². The number of halogens is 2. The summed E-state index contributed by atoms with van der Waals surface area (Å²) in [6.07, 6.45) is 0. The highest BCUT2D eigenvalue weighted by atomic mass is 79.9. The van der Waals surface area contributed by atoms with Crippen LogP contribution in [0.2, 0.25) is 0 Å². The van der Waals surface area contributed by atoms with Gasteiger partial charge in [-0.1, -0.05) is 52.3 Å². The molecule has 2 heteroatoms. The Hall–Kier alpha value is -1.15. The lowest BCUT2D eigenvalue weighted by atomic mass is 10.1. The molecule has 0 fully saturated rings. The first kappa shape index (κ1) is 9.41. The predicted octanol–water partition coefficient (Wildman–Crippen LogP) is 4.06. The molecule has 2 aromatic carbocycles. The van der Waals surface area contributed by atoms with E-state index in [2.05, 4.69) is 22.0 Å². The van der Waals surface area contributed by atoms with Crippen LogP contribution in [0.4, 0.5) is 4.39 Å². The van der Waals surface area contributed by atoms with Crippen molar-refractivity contribution in [1.82, 2.24) is 0 Å². The van der Waals surface area contributed by atoms with E-state index in [1.807, 2.05) is 30.3 Å². The van der Waals surface area contributed by atoms with Crippen LogP contribution in [0.15, 0.2) is 46.9 Å². The average Bonchev–Trinajstić information content (AvgIpc) is 2.19. The van der Waals surface area contributed by atoms with E-state index in [4.69, 9.17) is 0 Å². The Kier molecular flexibility index (Phi) is 2.64. The lowest BCUT2D eigenvalue weighted by Gasteiger charge is -2.02. The van der Waals surface area contributed by atoms with Crippen LogP contribution in [0.5, 0.6) is 0 Å². The molecular formula is C12H7BrF. The molecule has 0 unspecified atom stereocenters. The Balaban J connectivity index is 2.53. The largest absolute Gasteiger partial charge is 0.206 e. The topological polar surface area (TPSA) is 0 Å². The lowest BCUT2D eigenvalue weighted by molar-refractivity contribution is 0.628. The molecule has 0 atom stereocenters. The standard InChI is InChI=1S/C12H7BrF/c13-10-6-7-11(12(14)8-10)9-4-2-1-3-5-9/h1-7H. The van der Waals surface area contributed by atoms with Gasteiger partial charge in [0.15, 0.2) is 0 Å². The normalized spacial score (nSPS) is 10.1. The van der Waals surface area contributed by atoms with Gasteiger partial charge < -0.3 is 0 Å². The summed E-state index contributed by atoms with van der Waals surface area (Å²) in [5.41, 5.74) is 1.45. The van der Waals surface area contributed by atoms with Gasteiger partial charge in [-0.15, -0.1) is 0 Å². The molecule has 2 aromatic rings. The zero-order valence-corrected chi connectivity index (χ0v) is 8.88. The Labute approximate surface area is 90.5 Å². The lowest BCUT2D eigenvalue weighted by Crippen LogP contribution is -1.83. The highest BCUT2D eigenvalue weighted by molar-refractivity contribution is 9.10. The number of hydrogen-bond donors (Lipinski definition) is 0. The number of rotatable bonds is 1. The molecule has 0 bridgehead atoms. The van der Waals surface area contributed by atoms with E-state index in [0.717, 1.165) is 5.56 Å². The van der Waals surface area contributed by atoms with Gasteiger partial charge in [0.1, 0.15) is 5.82 Å². The molecular weight excluding hydrogens is 243 g/mol. The summed E-state index contributed by atoms with van der Waals surface area (Å²) >= 11 is 3.17. The first-order valence-corrected chi connectivity index (χ1v) is 4.99. The Morgan fingerprint density at radius 1 is 1.00 bits per heavy atom. The molecule has 14 heavy (non-hydrogen) atoms. The molecule has 69 valence electrons. The highest BCUT2D eigenvalue weighted by Gasteiger charge is 2.04.